The van der Waals surface area contributed by atoms with Crippen LogP contribution in [0.25, 0.3) is 0 Å². The van der Waals surface area contributed by atoms with Crippen molar-refractivity contribution in [1.29, 1.82) is 0 Å². The van der Waals surface area contributed by atoms with Gasteiger partial charge in [0.15, 0.2) is 5.69 Å². The highest BCUT2D eigenvalue weighted by atomic mass is 19.4. The van der Waals surface area contributed by atoms with E-state index >= 15 is 0 Å². The Hall–Kier alpha value is -2.72. The number of piperidine rings is 1. The fraction of sp³-hybridized carbons (Fsp3) is 0.562. The molecular weight excluding hydrogens is 363 g/mol. The summed E-state index contributed by atoms with van der Waals surface area (Å²) in [4.78, 5) is 23.5. The van der Waals surface area contributed by atoms with Gasteiger partial charge in [-0.2, -0.15) is 28.6 Å². The molecule has 3 heterocycles. The van der Waals surface area contributed by atoms with Crippen LogP contribution in [-0.2, 0) is 6.18 Å². The summed E-state index contributed by atoms with van der Waals surface area (Å²) in [5.41, 5.74) is -0.671. The highest BCUT2D eigenvalue weighted by Gasteiger charge is 2.39. The van der Waals surface area contributed by atoms with E-state index in [2.05, 4.69) is 25.4 Å². The maximum atomic E-state index is 13.0. The van der Waals surface area contributed by atoms with Gasteiger partial charge in [-0.15, -0.1) is 0 Å². The van der Waals surface area contributed by atoms with Crippen molar-refractivity contribution in [3.05, 3.63) is 30.0 Å². The minimum atomic E-state index is -4.50. The van der Waals surface area contributed by atoms with Crippen LogP contribution in [-0.4, -0.2) is 61.4 Å². The Bertz CT molecular complexity index is 799. The number of amides is 1. The number of carbonyl (C=O) groups excluding carboxylic acids is 1. The fourth-order valence-corrected chi connectivity index (χ4v) is 3.48. The number of alkyl halides is 3. The van der Waals surface area contributed by atoms with E-state index in [-0.39, 0.29) is 23.7 Å². The number of aromatic amines is 1. The first kappa shape index (κ1) is 17.7. The third-order valence-electron chi connectivity index (χ3n) is 4.93. The molecule has 8 nitrogen and oxygen atoms in total. The van der Waals surface area contributed by atoms with Crippen molar-refractivity contribution in [2.45, 2.75) is 43.9 Å². The number of carbonyl (C=O) groups is 1. The van der Waals surface area contributed by atoms with Crippen LogP contribution in [0.5, 0.6) is 0 Å². The Morgan fingerprint density at radius 1 is 1.15 bits per heavy atom. The number of hydrogen-bond donors (Lipinski definition) is 1. The zero-order chi connectivity index (χ0) is 19.0. The molecule has 1 aliphatic carbocycles. The van der Waals surface area contributed by atoms with E-state index in [4.69, 9.17) is 0 Å². The summed E-state index contributed by atoms with van der Waals surface area (Å²) >= 11 is 0. The highest BCUT2D eigenvalue weighted by molar-refractivity contribution is 5.91. The Morgan fingerprint density at radius 2 is 1.85 bits per heavy atom. The van der Waals surface area contributed by atoms with Gasteiger partial charge < -0.3 is 9.80 Å². The number of hydrogen-bond acceptors (Lipinski definition) is 6. The molecule has 1 N–H and O–H groups in total. The summed E-state index contributed by atoms with van der Waals surface area (Å²) in [5.74, 6) is 0.114. The summed E-state index contributed by atoms with van der Waals surface area (Å²) in [6.07, 6.45) is 1.03. The van der Waals surface area contributed by atoms with Gasteiger partial charge in [-0.25, -0.2) is 9.97 Å². The molecular formula is C16H18F3N7O. The van der Waals surface area contributed by atoms with Gasteiger partial charge in [0.05, 0.1) is 6.20 Å². The molecule has 11 heteroatoms. The standard InChI is InChI=1S/C16H18F3N7O/c17-16(18,19)13-7-14(21-9-20-13)26(10-1-2-10)11-3-5-25(6-4-11)15(27)12-8-22-24-23-12/h7-11H,1-6H2,(H,22,23,24). The van der Waals surface area contributed by atoms with Gasteiger partial charge in [0.25, 0.3) is 5.91 Å². The second-order valence-electron chi connectivity index (χ2n) is 6.78. The maximum Gasteiger partial charge on any atom is 0.433 e. The van der Waals surface area contributed by atoms with Crippen molar-refractivity contribution < 1.29 is 18.0 Å². The number of H-pyrrole nitrogens is 1. The molecule has 0 aromatic carbocycles. The van der Waals surface area contributed by atoms with Gasteiger partial charge in [-0.3, -0.25) is 4.79 Å². The Kier molecular flexibility index (Phi) is 4.44. The third-order valence-corrected chi connectivity index (χ3v) is 4.93. The molecule has 4 rings (SSSR count). The molecule has 27 heavy (non-hydrogen) atoms. The van der Waals surface area contributed by atoms with Crippen molar-refractivity contribution in [2.75, 3.05) is 18.0 Å². The van der Waals surface area contributed by atoms with Crippen LogP contribution in [0.4, 0.5) is 19.0 Å². The molecule has 0 unspecified atom stereocenters. The first-order valence-electron chi connectivity index (χ1n) is 8.76. The maximum absolute atomic E-state index is 13.0. The van der Waals surface area contributed by atoms with E-state index < -0.39 is 11.9 Å². The van der Waals surface area contributed by atoms with Crippen LogP contribution < -0.4 is 4.90 Å². The number of likely N-dealkylation sites (tertiary alicyclic amines) is 1. The number of halogens is 3. The molecule has 0 atom stereocenters. The van der Waals surface area contributed by atoms with Crippen molar-refractivity contribution in [2.24, 2.45) is 0 Å². The number of aromatic nitrogens is 5. The van der Waals surface area contributed by atoms with Crippen molar-refractivity contribution in [3.8, 4) is 0 Å². The summed E-state index contributed by atoms with van der Waals surface area (Å²) in [7, 11) is 0. The first-order chi connectivity index (χ1) is 12.9. The van der Waals surface area contributed by atoms with Crippen LogP contribution in [0.3, 0.4) is 0 Å². The Morgan fingerprint density at radius 3 is 2.44 bits per heavy atom. The van der Waals surface area contributed by atoms with Crippen LogP contribution in [0, 0.1) is 0 Å². The molecule has 0 spiro atoms. The highest BCUT2D eigenvalue weighted by Crippen LogP contribution is 2.37. The van der Waals surface area contributed by atoms with Gasteiger partial charge in [0, 0.05) is 31.2 Å². The summed E-state index contributed by atoms with van der Waals surface area (Å²) in [6, 6.07) is 1.25. The molecule has 2 aromatic heterocycles. The monoisotopic (exact) mass is 381 g/mol. The number of nitrogens with zero attached hydrogens (tertiary/aromatic N) is 6. The Labute approximate surface area is 152 Å². The van der Waals surface area contributed by atoms with E-state index in [1.54, 1.807) is 4.90 Å². The minimum Gasteiger partial charge on any atom is -0.350 e. The van der Waals surface area contributed by atoms with Crippen LogP contribution in [0.1, 0.15) is 41.9 Å². The van der Waals surface area contributed by atoms with Crippen LogP contribution >= 0.6 is 0 Å². The van der Waals surface area contributed by atoms with Crippen molar-refractivity contribution in [1.82, 2.24) is 30.3 Å². The molecule has 1 aliphatic heterocycles. The second kappa shape index (κ2) is 6.78. The zero-order valence-corrected chi connectivity index (χ0v) is 14.4. The van der Waals surface area contributed by atoms with E-state index in [1.807, 2.05) is 4.90 Å². The van der Waals surface area contributed by atoms with E-state index in [0.717, 1.165) is 25.2 Å². The fourth-order valence-electron chi connectivity index (χ4n) is 3.48. The summed E-state index contributed by atoms with van der Waals surface area (Å²) in [6.45, 7) is 1.02. The van der Waals surface area contributed by atoms with E-state index in [0.29, 0.717) is 31.7 Å². The average Bonchev–Trinajstić information content (AvgIpc) is 3.33. The van der Waals surface area contributed by atoms with Gasteiger partial charge in [0.1, 0.15) is 17.8 Å². The van der Waals surface area contributed by atoms with Gasteiger partial charge in [-0.05, 0) is 25.7 Å². The number of nitrogens with one attached hydrogen (secondary N) is 1. The zero-order valence-electron chi connectivity index (χ0n) is 14.4. The first-order valence-corrected chi connectivity index (χ1v) is 8.76. The molecule has 1 saturated heterocycles. The average molecular weight is 381 g/mol. The molecule has 1 saturated carbocycles. The van der Waals surface area contributed by atoms with Gasteiger partial charge in [0.2, 0.25) is 0 Å². The molecule has 0 bridgehead atoms. The molecule has 2 aromatic rings. The predicted octanol–water partition coefficient (Wildman–Crippen LogP) is 1.89. The lowest BCUT2D eigenvalue weighted by Crippen LogP contribution is -2.48. The van der Waals surface area contributed by atoms with Gasteiger partial charge in [-0.1, -0.05) is 0 Å². The number of anilines is 1. The molecule has 0 radical (unpaired) electrons. The van der Waals surface area contributed by atoms with Crippen LogP contribution in [0.15, 0.2) is 18.6 Å². The molecule has 144 valence electrons. The normalized spacial score (nSPS) is 18.6. The van der Waals surface area contributed by atoms with Gasteiger partial charge >= 0.3 is 6.18 Å². The quantitative estimate of drug-likeness (QED) is 0.870. The van der Waals surface area contributed by atoms with Crippen molar-refractivity contribution in [3.63, 3.8) is 0 Å². The number of rotatable bonds is 4. The Balaban J connectivity index is 1.48. The van der Waals surface area contributed by atoms with Crippen LogP contribution in [0.2, 0.25) is 0 Å². The lowest BCUT2D eigenvalue weighted by Gasteiger charge is -2.39. The topological polar surface area (TPSA) is 90.9 Å². The molecule has 1 amide bonds. The predicted molar refractivity (Wildman–Crippen MR) is 87.8 cm³/mol. The smallest absolute Gasteiger partial charge is 0.350 e. The summed E-state index contributed by atoms with van der Waals surface area (Å²) in [5, 5.41) is 9.86. The molecule has 2 aliphatic rings. The van der Waals surface area contributed by atoms with Crippen molar-refractivity contribution >= 4 is 11.7 Å². The molecule has 2 fully saturated rings. The lowest BCUT2D eigenvalue weighted by molar-refractivity contribution is -0.141. The largest absolute Gasteiger partial charge is 0.433 e. The third kappa shape index (κ3) is 3.71. The lowest BCUT2D eigenvalue weighted by atomic mass is 10.0. The van der Waals surface area contributed by atoms with E-state index in [1.165, 1.54) is 6.20 Å². The second-order valence-corrected chi connectivity index (χ2v) is 6.78. The minimum absolute atomic E-state index is 0.0369. The SMILES string of the molecule is O=C(c1cn[nH]n1)N1CCC(N(c2cc(C(F)(F)F)ncn2)C2CC2)CC1. The van der Waals surface area contributed by atoms with E-state index in [9.17, 15) is 18.0 Å². The summed E-state index contributed by atoms with van der Waals surface area (Å²) < 4.78 is 39.0.